The van der Waals surface area contributed by atoms with Gasteiger partial charge in [0.15, 0.2) is 16.3 Å². The van der Waals surface area contributed by atoms with E-state index in [0.29, 0.717) is 28.7 Å². The molecular formula is C18H22N4O4S. The smallest absolute Gasteiger partial charge is 0.332 e. The van der Waals surface area contributed by atoms with Crippen LogP contribution in [0.4, 0.5) is 0 Å². The fraction of sp³-hybridized carbons (Fsp3) is 0.389. The van der Waals surface area contributed by atoms with Crippen LogP contribution in [-0.2, 0) is 26.9 Å². The number of nitrogens with zero attached hydrogens (tertiary/aromatic N) is 4. The van der Waals surface area contributed by atoms with Gasteiger partial charge in [-0.25, -0.2) is 9.78 Å². The molecule has 0 saturated heterocycles. The van der Waals surface area contributed by atoms with Gasteiger partial charge in [0.25, 0.3) is 5.56 Å². The van der Waals surface area contributed by atoms with Gasteiger partial charge < -0.3 is 14.0 Å². The zero-order valence-electron chi connectivity index (χ0n) is 16.0. The fourth-order valence-electron chi connectivity index (χ4n) is 2.86. The van der Waals surface area contributed by atoms with Crippen LogP contribution in [-0.4, -0.2) is 32.4 Å². The molecule has 2 heterocycles. The largest absolute Gasteiger partial charge is 0.497 e. The quantitative estimate of drug-likeness (QED) is 0.596. The second-order valence-corrected chi connectivity index (χ2v) is 6.97. The van der Waals surface area contributed by atoms with Crippen LogP contribution in [0.15, 0.2) is 32.9 Å². The molecule has 0 bridgehead atoms. The summed E-state index contributed by atoms with van der Waals surface area (Å²) in [7, 11) is 6.47. The zero-order valence-corrected chi connectivity index (χ0v) is 16.8. The van der Waals surface area contributed by atoms with E-state index in [0.717, 1.165) is 21.6 Å². The van der Waals surface area contributed by atoms with Gasteiger partial charge in [-0.3, -0.25) is 13.9 Å². The van der Waals surface area contributed by atoms with E-state index in [9.17, 15) is 9.59 Å². The lowest BCUT2D eigenvalue weighted by molar-refractivity contribution is 0.336. The van der Waals surface area contributed by atoms with Crippen LogP contribution in [0.5, 0.6) is 11.5 Å². The van der Waals surface area contributed by atoms with Crippen LogP contribution >= 0.6 is 11.8 Å². The Balaban J connectivity index is 2.00. The molecule has 0 aliphatic carbocycles. The second-order valence-electron chi connectivity index (χ2n) is 6.03. The van der Waals surface area contributed by atoms with Crippen LogP contribution in [0.1, 0.15) is 12.5 Å². The maximum Gasteiger partial charge on any atom is 0.332 e. The number of hydrogen-bond acceptors (Lipinski definition) is 6. The molecular weight excluding hydrogens is 368 g/mol. The third-order valence-electron chi connectivity index (χ3n) is 4.36. The van der Waals surface area contributed by atoms with Crippen molar-refractivity contribution in [2.45, 2.75) is 17.8 Å². The molecule has 0 unspecified atom stereocenters. The van der Waals surface area contributed by atoms with E-state index >= 15 is 0 Å². The summed E-state index contributed by atoms with van der Waals surface area (Å²) in [6.07, 6.45) is 0. The topological polar surface area (TPSA) is 80.3 Å². The lowest BCUT2D eigenvalue weighted by Crippen LogP contribution is -2.37. The number of aryl methyl sites for hydroxylation is 2. The van der Waals surface area contributed by atoms with Gasteiger partial charge in [-0.2, -0.15) is 0 Å². The number of thioether (sulfide) groups is 1. The molecule has 8 nitrogen and oxygen atoms in total. The van der Waals surface area contributed by atoms with E-state index in [1.165, 1.54) is 23.4 Å². The highest BCUT2D eigenvalue weighted by atomic mass is 32.2. The van der Waals surface area contributed by atoms with E-state index in [2.05, 4.69) is 4.98 Å². The third-order valence-corrected chi connectivity index (χ3v) is 5.44. The first-order chi connectivity index (χ1) is 12.9. The first kappa shape index (κ1) is 19.1. The Morgan fingerprint density at radius 3 is 2.52 bits per heavy atom. The summed E-state index contributed by atoms with van der Waals surface area (Å²) in [6.45, 7) is 2.50. The summed E-state index contributed by atoms with van der Waals surface area (Å²) in [5.41, 5.74) is 0.997. The Morgan fingerprint density at radius 2 is 1.85 bits per heavy atom. The molecule has 9 heteroatoms. The fourth-order valence-corrected chi connectivity index (χ4v) is 3.81. The Hall–Kier alpha value is -2.68. The third kappa shape index (κ3) is 3.34. The molecule has 3 aromatic rings. The number of imidazole rings is 1. The van der Waals surface area contributed by atoms with Gasteiger partial charge in [0.05, 0.1) is 13.7 Å². The van der Waals surface area contributed by atoms with Gasteiger partial charge in [0.2, 0.25) is 0 Å². The summed E-state index contributed by atoms with van der Waals surface area (Å²) in [5, 5.41) is 0.647. The van der Waals surface area contributed by atoms with Crippen molar-refractivity contribution in [2.24, 2.45) is 21.1 Å². The molecule has 2 aromatic heterocycles. The van der Waals surface area contributed by atoms with Gasteiger partial charge in [0, 0.05) is 32.5 Å². The van der Waals surface area contributed by atoms with Crippen molar-refractivity contribution in [1.29, 1.82) is 0 Å². The minimum absolute atomic E-state index is 0.355. The van der Waals surface area contributed by atoms with E-state index in [4.69, 9.17) is 9.47 Å². The van der Waals surface area contributed by atoms with Crippen molar-refractivity contribution >= 4 is 22.9 Å². The minimum Gasteiger partial charge on any atom is -0.497 e. The number of ether oxygens (including phenoxy) is 2. The number of aromatic nitrogens is 4. The van der Waals surface area contributed by atoms with Gasteiger partial charge in [0.1, 0.15) is 11.5 Å². The van der Waals surface area contributed by atoms with Crippen molar-refractivity contribution in [3.8, 4) is 11.5 Å². The molecule has 0 aliphatic heterocycles. The SMILES string of the molecule is CCOc1ccc(OC)cc1CSc1nc2c(c(=O)n(C)c(=O)n2C)n1C. The summed E-state index contributed by atoms with van der Waals surface area (Å²) < 4.78 is 15.2. The highest BCUT2D eigenvalue weighted by Crippen LogP contribution is 2.31. The summed E-state index contributed by atoms with van der Waals surface area (Å²) in [5.74, 6) is 2.11. The Morgan fingerprint density at radius 1 is 1.11 bits per heavy atom. The molecule has 0 amide bonds. The average Bonchev–Trinajstić information content (AvgIpc) is 3.00. The molecule has 0 atom stereocenters. The molecule has 144 valence electrons. The van der Waals surface area contributed by atoms with Crippen LogP contribution in [0.3, 0.4) is 0 Å². The highest BCUT2D eigenvalue weighted by molar-refractivity contribution is 7.98. The van der Waals surface area contributed by atoms with Gasteiger partial charge in [-0.1, -0.05) is 11.8 Å². The number of rotatable bonds is 6. The predicted octanol–water partition coefficient (Wildman–Crippen LogP) is 1.67. The number of methoxy groups -OCH3 is 1. The van der Waals surface area contributed by atoms with Crippen LogP contribution in [0, 0.1) is 0 Å². The zero-order chi connectivity index (χ0) is 19.7. The van der Waals surface area contributed by atoms with Crippen molar-refractivity contribution in [3.05, 3.63) is 44.6 Å². The second kappa shape index (κ2) is 7.51. The first-order valence-corrected chi connectivity index (χ1v) is 9.42. The number of fused-ring (bicyclic) bond motifs is 1. The Labute approximate surface area is 160 Å². The Kier molecular flexibility index (Phi) is 5.31. The van der Waals surface area contributed by atoms with Crippen LogP contribution in [0.25, 0.3) is 11.2 Å². The summed E-state index contributed by atoms with van der Waals surface area (Å²) in [4.78, 5) is 29.1. The van der Waals surface area contributed by atoms with Crippen molar-refractivity contribution < 1.29 is 9.47 Å². The van der Waals surface area contributed by atoms with E-state index in [-0.39, 0.29) is 5.56 Å². The molecule has 27 heavy (non-hydrogen) atoms. The van der Waals surface area contributed by atoms with Crippen LogP contribution < -0.4 is 20.7 Å². The normalized spacial score (nSPS) is 11.1. The van der Waals surface area contributed by atoms with Crippen molar-refractivity contribution in [3.63, 3.8) is 0 Å². The number of hydrogen-bond donors (Lipinski definition) is 0. The lowest BCUT2D eigenvalue weighted by Gasteiger charge is -2.11. The monoisotopic (exact) mass is 390 g/mol. The molecule has 1 aromatic carbocycles. The van der Waals surface area contributed by atoms with Crippen LogP contribution in [0.2, 0.25) is 0 Å². The average molecular weight is 390 g/mol. The summed E-state index contributed by atoms with van der Waals surface area (Å²) >= 11 is 1.47. The molecule has 0 N–H and O–H groups in total. The summed E-state index contributed by atoms with van der Waals surface area (Å²) in [6, 6.07) is 5.66. The van der Waals surface area contributed by atoms with E-state index < -0.39 is 5.69 Å². The maximum atomic E-state index is 12.5. The molecule has 3 rings (SSSR count). The molecule has 0 spiro atoms. The minimum atomic E-state index is -0.395. The molecule has 0 radical (unpaired) electrons. The number of benzene rings is 1. The van der Waals surface area contributed by atoms with E-state index in [1.54, 1.807) is 25.8 Å². The standard InChI is InChI=1S/C18H22N4O4S/c1-6-26-13-8-7-12(25-5)9-11(13)10-27-17-19-15-14(20(17)2)16(23)22(4)18(24)21(15)3/h7-9H,6,10H2,1-5H3. The Bertz CT molecular complexity index is 1110. The maximum absolute atomic E-state index is 12.5. The molecule has 0 saturated carbocycles. The highest BCUT2D eigenvalue weighted by Gasteiger charge is 2.18. The van der Waals surface area contributed by atoms with Gasteiger partial charge in [-0.15, -0.1) is 0 Å². The molecule has 0 aliphatic rings. The molecule has 0 fully saturated rings. The lowest BCUT2D eigenvalue weighted by atomic mass is 10.2. The van der Waals surface area contributed by atoms with Crippen molar-refractivity contribution in [1.82, 2.24) is 18.7 Å². The van der Waals surface area contributed by atoms with Gasteiger partial charge >= 0.3 is 5.69 Å². The first-order valence-electron chi connectivity index (χ1n) is 8.44. The van der Waals surface area contributed by atoms with Crippen molar-refractivity contribution in [2.75, 3.05) is 13.7 Å². The van der Waals surface area contributed by atoms with Gasteiger partial charge in [-0.05, 0) is 25.1 Å². The predicted molar refractivity (Wildman–Crippen MR) is 105 cm³/mol. The van der Waals surface area contributed by atoms with E-state index in [1.807, 2.05) is 25.1 Å².